The van der Waals surface area contributed by atoms with E-state index in [1.807, 2.05) is 12.1 Å². The monoisotopic (exact) mass is 522 g/mol. The Morgan fingerprint density at radius 2 is 2.00 bits per heavy atom. The summed E-state index contributed by atoms with van der Waals surface area (Å²) in [5.41, 5.74) is 1.28. The van der Waals surface area contributed by atoms with Crippen LogP contribution in [-0.4, -0.2) is 70.5 Å². The van der Waals surface area contributed by atoms with Crippen LogP contribution in [0.4, 0.5) is 0 Å². The highest BCUT2D eigenvalue weighted by atomic mass is 127. The minimum atomic E-state index is -3.39. The van der Waals surface area contributed by atoms with E-state index in [2.05, 4.69) is 17.1 Å². The van der Waals surface area contributed by atoms with Gasteiger partial charge in [-0.25, -0.2) is 17.7 Å². The molecule has 0 amide bonds. The summed E-state index contributed by atoms with van der Waals surface area (Å²) in [6, 6.07) is 6.96. The number of ether oxygens (including phenoxy) is 1. The second-order valence-electron chi connectivity index (χ2n) is 7.58. The number of aliphatic imine (C=N–C) groups is 1. The Hall–Kier alpha value is -0.910. The molecule has 2 fully saturated rings. The molecule has 7 nitrogen and oxygen atoms in total. The summed E-state index contributed by atoms with van der Waals surface area (Å²) in [6.07, 6.45) is 2.28. The number of likely N-dealkylation sites (tertiary alicyclic amines) is 1. The molecule has 3 rings (SSSR count). The zero-order chi connectivity index (χ0) is 19.5. The lowest BCUT2D eigenvalue weighted by molar-refractivity contribution is 0.156. The van der Waals surface area contributed by atoms with Crippen molar-refractivity contribution in [3.05, 3.63) is 29.8 Å². The van der Waals surface area contributed by atoms with E-state index in [4.69, 9.17) is 9.73 Å². The van der Waals surface area contributed by atoms with Crippen molar-refractivity contribution in [3.8, 4) is 0 Å². The number of nitrogens with one attached hydrogen (secondary N) is 1. The van der Waals surface area contributed by atoms with E-state index in [0.29, 0.717) is 16.9 Å². The number of hydrogen-bond acceptors (Lipinski definition) is 4. The number of guanidine groups is 1. The zero-order valence-corrected chi connectivity index (χ0v) is 20.0. The first-order valence-corrected chi connectivity index (χ1v) is 10.9. The maximum Gasteiger partial charge on any atom is 0.242 e. The molecule has 0 bridgehead atoms. The van der Waals surface area contributed by atoms with Crippen LogP contribution in [0.15, 0.2) is 34.2 Å². The van der Waals surface area contributed by atoms with E-state index in [-0.39, 0.29) is 24.0 Å². The number of halogens is 1. The molecule has 2 aliphatic rings. The molecular formula is C19H31IN4O3S. The van der Waals surface area contributed by atoms with Crippen LogP contribution in [0.5, 0.6) is 0 Å². The van der Waals surface area contributed by atoms with E-state index >= 15 is 0 Å². The number of rotatable bonds is 5. The van der Waals surface area contributed by atoms with Crippen molar-refractivity contribution >= 4 is 40.0 Å². The first-order valence-electron chi connectivity index (χ1n) is 9.49. The Kier molecular flexibility index (Phi) is 8.12. The van der Waals surface area contributed by atoms with Crippen LogP contribution in [0.2, 0.25) is 0 Å². The van der Waals surface area contributed by atoms with Gasteiger partial charge >= 0.3 is 0 Å². The quantitative estimate of drug-likeness (QED) is 0.365. The fraction of sp³-hybridized carbons (Fsp3) is 0.632. The molecule has 28 heavy (non-hydrogen) atoms. The highest BCUT2D eigenvalue weighted by Crippen LogP contribution is 2.38. The lowest BCUT2D eigenvalue weighted by Gasteiger charge is -2.25. The molecule has 2 heterocycles. The van der Waals surface area contributed by atoms with Crippen molar-refractivity contribution in [2.75, 3.05) is 46.9 Å². The molecule has 9 heteroatoms. The van der Waals surface area contributed by atoms with Crippen LogP contribution in [-0.2, 0) is 21.3 Å². The number of sulfonamides is 1. The summed E-state index contributed by atoms with van der Waals surface area (Å²) < 4.78 is 31.2. The summed E-state index contributed by atoms with van der Waals surface area (Å²) in [5.74, 6) is 0.922. The maximum atomic E-state index is 12.2. The van der Waals surface area contributed by atoms with Gasteiger partial charge < -0.3 is 15.0 Å². The van der Waals surface area contributed by atoms with Crippen molar-refractivity contribution in [1.29, 1.82) is 0 Å². The van der Waals surface area contributed by atoms with Gasteiger partial charge in [-0.2, -0.15) is 0 Å². The number of hydrogen-bond donors (Lipinski definition) is 1. The third-order valence-electron chi connectivity index (χ3n) is 5.37. The smallest absolute Gasteiger partial charge is 0.242 e. The van der Waals surface area contributed by atoms with Gasteiger partial charge in [0.05, 0.1) is 18.0 Å². The predicted octanol–water partition coefficient (Wildman–Crippen LogP) is 2.13. The van der Waals surface area contributed by atoms with Crippen molar-refractivity contribution in [3.63, 3.8) is 0 Å². The van der Waals surface area contributed by atoms with Crippen LogP contribution in [0.3, 0.4) is 0 Å². The molecule has 1 aromatic rings. The maximum absolute atomic E-state index is 12.2. The van der Waals surface area contributed by atoms with Gasteiger partial charge in [0.25, 0.3) is 0 Å². The van der Waals surface area contributed by atoms with E-state index < -0.39 is 10.0 Å². The van der Waals surface area contributed by atoms with Crippen molar-refractivity contribution < 1.29 is 13.2 Å². The molecule has 1 spiro atoms. The average Bonchev–Trinajstić information content (AvgIpc) is 3.29. The van der Waals surface area contributed by atoms with Gasteiger partial charge in [-0.3, -0.25) is 0 Å². The SMILES string of the molecule is CCNC(=NCc1ccc(S(=O)(=O)N(C)C)cc1)N1CCC2(CCOC2)C1.I. The Morgan fingerprint density at radius 1 is 1.29 bits per heavy atom. The van der Waals surface area contributed by atoms with Crippen molar-refractivity contribution in [2.45, 2.75) is 31.2 Å². The topological polar surface area (TPSA) is 74.2 Å². The molecule has 1 atom stereocenters. The lowest BCUT2D eigenvalue weighted by atomic mass is 9.87. The van der Waals surface area contributed by atoms with E-state index in [1.54, 1.807) is 12.1 Å². The highest BCUT2D eigenvalue weighted by molar-refractivity contribution is 14.0. The van der Waals surface area contributed by atoms with Gasteiger partial charge in [0.2, 0.25) is 10.0 Å². The minimum absolute atomic E-state index is 0. The van der Waals surface area contributed by atoms with E-state index in [9.17, 15) is 8.42 Å². The predicted molar refractivity (Wildman–Crippen MR) is 122 cm³/mol. The highest BCUT2D eigenvalue weighted by Gasteiger charge is 2.42. The minimum Gasteiger partial charge on any atom is -0.381 e. The summed E-state index contributed by atoms with van der Waals surface area (Å²) in [7, 11) is -0.322. The van der Waals surface area contributed by atoms with Gasteiger partial charge in [-0.1, -0.05) is 12.1 Å². The molecule has 2 aliphatic heterocycles. The van der Waals surface area contributed by atoms with Crippen LogP contribution < -0.4 is 5.32 Å². The molecule has 2 saturated heterocycles. The van der Waals surface area contributed by atoms with Crippen LogP contribution in [0, 0.1) is 5.41 Å². The Bertz CT molecular complexity index is 775. The van der Waals surface area contributed by atoms with Gasteiger partial charge in [0, 0.05) is 45.8 Å². The molecular weight excluding hydrogens is 491 g/mol. The Balaban J connectivity index is 0.00000280. The zero-order valence-electron chi connectivity index (χ0n) is 16.8. The largest absolute Gasteiger partial charge is 0.381 e. The molecule has 1 N–H and O–H groups in total. The fourth-order valence-electron chi connectivity index (χ4n) is 3.66. The van der Waals surface area contributed by atoms with Gasteiger partial charge in [0.15, 0.2) is 5.96 Å². The van der Waals surface area contributed by atoms with E-state index in [1.165, 1.54) is 18.4 Å². The molecule has 0 radical (unpaired) electrons. The molecule has 0 aromatic heterocycles. The van der Waals surface area contributed by atoms with Crippen molar-refractivity contribution in [1.82, 2.24) is 14.5 Å². The average molecular weight is 522 g/mol. The van der Waals surface area contributed by atoms with Crippen LogP contribution in [0.1, 0.15) is 25.3 Å². The molecule has 158 valence electrons. The Labute approximate surface area is 185 Å². The molecule has 0 saturated carbocycles. The third kappa shape index (κ3) is 5.17. The van der Waals surface area contributed by atoms with Crippen molar-refractivity contribution in [2.24, 2.45) is 10.4 Å². The standard InChI is InChI=1S/C19H30N4O3S.HI/c1-4-20-18(23-11-9-19(14-23)10-12-26-15-19)21-13-16-5-7-17(8-6-16)27(24,25)22(2)3;/h5-8H,4,9-15H2,1-3H3,(H,20,21);1H. The first-order chi connectivity index (χ1) is 12.9. The summed E-state index contributed by atoms with van der Waals surface area (Å²) in [4.78, 5) is 7.40. The number of nitrogens with zero attached hydrogens (tertiary/aromatic N) is 3. The molecule has 1 aromatic carbocycles. The van der Waals surface area contributed by atoms with Gasteiger partial charge in [-0.05, 0) is 37.5 Å². The first kappa shape index (κ1) is 23.4. The lowest BCUT2D eigenvalue weighted by Crippen LogP contribution is -2.41. The third-order valence-corrected chi connectivity index (χ3v) is 7.20. The van der Waals surface area contributed by atoms with Crippen LogP contribution in [0.25, 0.3) is 0 Å². The second kappa shape index (κ2) is 9.73. The summed E-state index contributed by atoms with van der Waals surface area (Å²) in [6.45, 7) is 7.10. The summed E-state index contributed by atoms with van der Waals surface area (Å²) in [5, 5.41) is 3.38. The van der Waals surface area contributed by atoms with Crippen LogP contribution >= 0.6 is 24.0 Å². The molecule has 1 unspecified atom stereocenters. The van der Waals surface area contributed by atoms with Gasteiger partial charge in [0.1, 0.15) is 0 Å². The second-order valence-corrected chi connectivity index (χ2v) is 9.73. The molecule has 0 aliphatic carbocycles. The summed E-state index contributed by atoms with van der Waals surface area (Å²) >= 11 is 0. The normalized spacial score (nSPS) is 22.7. The fourth-order valence-corrected chi connectivity index (χ4v) is 4.56. The Morgan fingerprint density at radius 3 is 2.57 bits per heavy atom. The number of benzene rings is 1. The van der Waals surface area contributed by atoms with Gasteiger partial charge in [-0.15, -0.1) is 24.0 Å². The van der Waals surface area contributed by atoms with E-state index in [0.717, 1.165) is 57.2 Å².